The molecule has 1 aliphatic rings. The van der Waals surface area contributed by atoms with Crippen LogP contribution < -0.4 is 0 Å². The third kappa shape index (κ3) is 42.1. The van der Waals surface area contributed by atoms with Crippen molar-refractivity contribution in [2.75, 3.05) is 13.2 Å². The maximum absolute atomic E-state index is 13.1. The van der Waals surface area contributed by atoms with E-state index in [1.54, 1.807) is 0 Å². The molecule has 0 radical (unpaired) electrons. The Morgan fingerprint density at radius 3 is 1.35 bits per heavy atom. The van der Waals surface area contributed by atoms with Crippen LogP contribution in [0.25, 0.3) is 0 Å². The van der Waals surface area contributed by atoms with E-state index in [0.717, 1.165) is 109 Å². The number of carboxylic acids is 1. The molecule has 12 nitrogen and oxygen atoms in total. The highest BCUT2D eigenvalue weighted by atomic mass is 16.7. The minimum absolute atomic E-state index is 0.0710. The molecule has 436 valence electrons. The Morgan fingerprint density at radius 1 is 0.442 bits per heavy atom. The first-order chi connectivity index (χ1) is 37.6. The molecule has 0 aromatic carbocycles. The van der Waals surface area contributed by atoms with E-state index in [-0.39, 0.29) is 25.9 Å². The van der Waals surface area contributed by atoms with Crippen molar-refractivity contribution in [2.24, 2.45) is 0 Å². The largest absolute Gasteiger partial charge is 0.479 e. The van der Waals surface area contributed by atoms with E-state index in [9.17, 15) is 34.5 Å². The van der Waals surface area contributed by atoms with Gasteiger partial charge in [-0.05, 0) is 109 Å². The Balaban J connectivity index is 2.72. The van der Waals surface area contributed by atoms with Gasteiger partial charge in [0.25, 0.3) is 0 Å². The number of rotatable bonds is 49. The third-order valence-electron chi connectivity index (χ3n) is 12.8. The fourth-order valence-electron chi connectivity index (χ4n) is 8.23. The summed E-state index contributed by atoms with van der Waals surface area (Å²) in [5.41, 5.74) is 0. The van der Waals surface area contributed by atoms with Crippen molar-refractivity contribution >= 4 is 23.9 Å². The van der Waals surface area contributed by atoms with Crippen LogP contribution in [0.15, 0.2) is 109 Å². The van der Waals surface area contributed by atoms with Crippen LogP contribution in [0.4, 0.5) is 0 Å². The fourth-order valence-corrected chi connectivity index (χ4v) is 8.23. The maximum Gasteiger partial charge on any atom is 0.335 e. The second-order valence-corrected chi connectivity index (χ2v) is 19.9. The maximum atomic E-state index is 13.1. The third-order valence-corrected chi connectivity index (χ3v) is 12.8. The van der Waals surface area contributed by atoms with Crippen LogP contribution in [-0.2, 0) is 42.9 Å². The zero-order chi connectivity index (χ0) is 56.1. The van der Waals surface area contributed by atoms with Gasteiger partial charge in [0, 0.05) is 19.3 Å². The van der Waals surface area contributed by atoms with E-state index in [0.29, 0.717) is 25.7 Å². The molecule has 0 saturated carbocycles. The minimum atomic E-state index is -1.94. The number of ether oxygens (including phenoxy) is 5. The van der Waals surface area contributed by atoms with E-state index < -0.39 is 67.3 Å². The molecule has 0 bridgehead atoms. The standard InChI is InChI=1S/C65H104O12/c1-4-7-10-13-16-19-22-24-26-28-29-31-33-35-38-41-44-47-50-53-59(68)76-63-61(70)60(69)62(64(71)72)77-65(63)74-55-56(75-58(67)52-49-46-43-40-36-21-18-15-12-9-6-3)54-73-57(66)51-48-45-42-39-37-34-32-30-27-25-23-20-17-14-11-8-5-2/h7,10,15-20,24-27,29,31,35,38,44,47,56,60-63,65,69-70H,4-6,8-9,11-14,21-23,28,30,32-34,36-37,39-43,45-46,48-55H2,1-3H3,(H,71,72)/b10-7-,18-15-,19-16-,20-17-,26-24-,27-25-,31-29-,38-35-,47-44-. The van der Waals surface area contributed by atoms with Crippen molar-refractivity contribution in [1.82, 2.24) is 0 Å². The van der Waals surface area contributed by atoms with E-state index in [1.807, 2.05) is 18.2 Å². The van der Waals surface area contributed by atoms with Crippen molar-refractivity contribution in [3.05, 3.63) is 109 Å². The molecule has 1 aliphatic heterocycles. The SMILES string of the molecule is CC/C=C\C/C=C\C/C=C\C/C=C\C/C=C\C/C=C\CCC(=O)OC1C(OCC(COC(=O)CCCCCCCCC/C=C\C/C=C\CCCCC)OC(=O)CCCCCCC/C=C\CCCC)OC(C(=O)O)C(O)C1O. The summed E-state index contributed by atoms with van der Waals surface area (Å²) in [5, 5.41) is 31.5. The monoisotopic (exact) mass is 1080 g/mol. The van der Waals surface area contributed by atoms with Crippen LogP contribution in [0, 0.1) is 0 Å². The van der Waals surface area contributed by atoms with Gasteiger partial charge in [-0.3, -0.25) is 14.4 Å². The Hall–Kier alpha value is -4.62. The fraction of sp³-hybridized carbons (Fsp3) is 0.662. The summed E-state index contributed by atoms with van der Waals surface area (Å²) in [6, 6.07) is 0. The summed E-state index contributed by atoms with van der Waals surface area (Å²) in [6.45, 7) is 5.76. The highest BCUT2D eigenvalue weighted by Gasteiger charge is 2.50. The first-order valence-corrected chi connectivity index (χ1v) is 29.9. The van der Waals surface area contributed by atoms with Gasteiger partial charge >= 0.3 is 23.9 Å². The molecule has 1 saturated heterocycles. The van der Waals surface area contributed by atoms with Gasteiger partial charge in [0.15, 0.2) is 24.6 Å². The predicted molar refractivity (Wildman–Crippen MR) is 312 cm³/mol. The number of carboxylic acid groups (broad SMARTS) is 1. The second-order valence-electron chi connectivity index (χ2n) is 19.9. The molecule has 77 heavy (non-hydrogen) atoms. The van der Waals surface area contributed by atoms with E-state index >= 15 is 0 Å². The van der Waals surface area contributed by atoms with Gasteiger partial charge < -0.3 is 39.0 Å². The summed E-state index contributed by atoms with van der Waals surface area (Å²) >= 11 is 0. The topological polar surface area (TPSA) is 175 Å². The lowest BCUT2D eigenvalue weighted by Crippen LogP contribution is -2.61. The Labute approximate surface area is 465 Å². The van der Waals surface area contributed by atoms with Crippen LogP contribution in [-0.4, -0.2) is 89.2 Å². The Morgan fingerprint density at radius 2 is 0.857 bits per heavy atom. The van der Waals surface area contributed by atoms with Crippen LogP contribution in [0.3, 0.4) is 0 Å². The highest BCUT2D eigenvalue weighted by molar-refractivity contribution is 5.74. The van der Waals surface area contributed by atoms with Gasteiger partial charge in [0.05, 0.1) is 6.61 Å². The minimum Gasteiger partial charge on any atom is -0.479 e. The summed E-state index contributed by atoms with van der Waals surface area (Å²) < 4.78 is 28.3. The van der Waals surface area contributed by atoms with E-state index in [4.69, 9.17) is 23.7 Å². The molecule has 6 unspecified atom stereocenters. The summed E-state index contributed by atoms with van der Waals surface area (Å²) in [4.78, 5) is 51.1. The second kappa shape index (κ2) is 52.1. The van der Waals surface area contributed by atoms with Crippen LogP contribution >= 0.6 is 0 Å². The molecule has 0 aromatic rings. The number of aliphatic carboxylic acids is 1. The Kier molecular flexibility index (Phi) is 47.6. The zero-order valence-corrected chi connectivity index (χ0v) is 47.9. The number of unbranched alkanes of at least 4 members (excludes halogenated alkanes) is 17. The highest BCUT2D eigenvalue weighted by Crippen LogP contribution is 2.26. The molecule has 0 aliphatic carbocycles. The molecular weight excluding hydrogens is 973 g/mol. The lowest BCUT2D eigenvalue weighted by molar-refractivity contribution is -0.301. The molecule has 0 spiro atoms. The number of aliphatic hydroxyl groups is 2. The predicted octanol–water partition coefficient (Wildman–Crippen LogP) is 15.4. The van der Waals surface area contributed by atoms with Crippen molar-refractivity contribution in [3.63, 3.8) is 0 Å². The molecule has 1 fully saturated rings. The van der Waals surface area contributed by atoms with Gasteiger partial charge in [-0.1, -0.05) is 207 Å². The molecule has 12 heteroatoms. The summed E-state index contributed by atoms with van der Waals surface area (Å²) in [6.07, 6.45) is 57.8. The number of allylic oxidation sites excluding steroid dienone is 18. The molecule has 0 amide bonds. The average molecular weight is 1080 g/mol. The Bertz CT molecular complexity index is 1750. The number of carbonyl (C=O) groups is 4. The first-order valence-electron chi connectivity index (χ1n) is 29.9. The van der Waals surface area contributed by atoms with Gasteiger partial charge in [-0.2, -0.15) is 0 Å². The molecule has 3 N–H and O–H groups in total. The molecule has 0 aromatic heterocycles. The number of hydrogen-bond acceptors (Lipinski definition) is 11. The lowest BCUT2D eigenvalue weighted by atomic mass is 9.98. The van der Waals surface area contributed by atoms with Crippen LogP contribution in [0.5, 0.6) is 0 Å². The quantitative estimate of drug-likeness (QED) is 0.0228. The van der Waals surface area contributed by atoms with Crippen molar-refractivity contribution in [1.29, 1.82) is 0 Å². The van der Waals surface area contributed by atoms with Crippen molar-refractivity contribution < 1.29 is 58.2 Å². The van der Waals surface area contributed by atoms with Crippen molar-refractivity contribution in [2.45, 2.75) is 263 Å². The van der Waals surface area contributed by atoms with E-state index in [1.165, 1.54) is 51.4 Å². The average Bonchev–Trinajstić information content (AvgIpc) is 3.42. The van der Waals surface area contributed by atoms with Gasteiger partial charge in [0.1, 0.15) is 18.8 Å². The number of carbonyl (C=O) groups excluding carboxylic acids is 3. The van der Waals surface area contributed by atoms with Gasteiger partial charge in [0.2, 0.25) is 0 Å². The molecule has 1 rings (SSSR count). The zero-order valence-electron chi connectivity index (χ0n) is 47.9. The number of hydrogen-bond donors (Lipinski definition) is 3. The molecule has 6 atom stereocenters. The van der Waals surface area contributed by atoms with Crippen molar-refractivity contribution in [3.8, 4) is 0 Å². The number of aliphatic hydroxyl groups excluding tert-OH is 2. The molecular formula is C65H104O12. The normalized spacial score (nSPS) is 18.8. The summed E-state index contributed by atoms with van der Waals surface area (Å²) in [7, 11) is 0. The molecule has 1 heterocycles. The first kappa shape index (κ1) is 70.4. The summed E-state index contributed by atoms with van der Waals surface area (Å²) in [5.74, 6) is -3.26. The lowest BCUT2D eigenvalue weighted by Gasteiger charge is -2.40. The van der Waals surface area contributed by atoms with Crippen LogP contribution in [0.2, 0.25) is 0 Å². The van der Waals surface area contributed by atoms with E-state index in [2.05, 4.69) is 112 Å². The number of esters is 3. The smallest absolute Gasteiger partial charge is 0.335 e. The van der Waals surface area contributed by atoms with Crippen LogP contribution in [0.1, 0.15) is 226 Å². The van der Waals surface area contributed by atoms with Gasteiger partial charge in [-0.15, -0.1) is 0 Å². The van der Waals surface area contributed by atoms with Gasteiger partial charge in [-0.25, -0.2) is 4.79 Å².